The summed E-state index contributed by atoms with van der Waals surface area (Å²) in [5, 5.41) is 8.55. The van der Waals surface area contributed by atoms with Gasteiger partial charge in [-0.1, -0.05) is 17.7 Å². The Morgan fingerprint density at radius 2 is 2.06 bits per heavy atom. The van der Waals surface area contributed by atoms with E-state index in [0.717, 1.165) is 6.07 Å². The van der Waals surface area contributed by atoms with Crippen molar-refractivity contribution in [2.75, 3.05) is 6.61 Å². The fourth-order valence-electron chi connectivity index (χ4n) is 1.06. The van der Waals surface area contributed by atoms with Crippen molar-refractivity contribution in [1.82, 2.24) is 0 Å². The van der Waals surface area contributed by atoms with Gasteiger partial charge in [-0.05, 0) is 17.7 Å². The van der Waals surface area contributed by atoms with Crippen LogP contribution in [0, 0.1) is 0 Å². The average Bonchev–Trinajstić information content (AvgIpc) is 2.18. The molecule has 90 valence electrons. The van der Waals surface area contributed by atoms with Crippen LogP contribution in [0.1, 0.15) is 11.6 Å². The van der Waals surface area contributed by atoms with Crippen LogP contribution in [0.5, 0.6) is 5.75 Å². The highest BCUT2D eigenvalue weighted by Crippen LogP contribution is 2.31. The van der Waals surface area contributed by atoms with Gasteiger partial charge in [-0.15, -0.1) is 13.2 Å². The molecule has 0 spiro atoms. The number of nitrogens with two attached hydrogens (primary N) is 1. The lowest BCUT2D eigenvalue weighted by atomic mass is 10.1. The molecule has 0 fully saturated rings. The highest BCUT2D eigenvalue weighted by molar-refractivity contribution is 6.32. The van der Waals surface area contributed by atoms with Gasteiger partial charge in [0.15, 0.2) is 0 Å². The molecule has 0 aliphatic rings. The third-order valence-corrected chi connectivity index (χ3v) is 2.10. The van der Waals surface area contributed by atoms with Crippen LogP contribution in [0.2, 0.25) is 5.02 Å². The number of alkyl halides is 3. The molecule has 1 aromatic carbocycles. The van der Waals surface area contributed by atoms with Gasteiger partial charge in [0, 0.05) is 0 Å². The van der Waals surface area contributed by atoms with Crippen molar-refractivity contribution in [2.24, 2.45) is 5.73 Å². The maximum absolute atomic E-state index is 11.9. The molecule has 7 heteroatoms. The largest absolute Gasteiger partial charge is 0.573 e. The monoisotopic (exact) mass is 255 g/mol. The zero-order valence-corrected chi connectivity index (χ0v) is 8.72. The van der Waals surface area contributed by atoms with Crippen molar-refractivity contribution >= 4 is 11.6 Å². The van der Waals surface area contributed by atoms with E-state index >= 15 is 0 Å². The second-order valence-electron chi connectivity index (χ2n) is 3.03. The molecule has 0 saturated carbocycles. The number of rotatable bonds is 3. The van der Waals surface area contributed by atoms with Crippen LogP contribution >= 0.6 is 11.6 Å². The molecule has 1 aromatic rings. The highest BCUT2D eigenvalue weighted by Gasteiger charge is 2.32. The zero-order valence-electron chi connectivity index (χ0n) is 7.96. The fraction of sp³-hybridized carbons (Fsp3) is 0.333. The van der Waals surface area contributed by atoms with Crippen LogP contribution in [0.25, 0.3) is 0 Å². The molecule has 1 atom stereocenters. The minimum atomic E-state index is -4.79. The summed E-state index contributed by atoms with van der Waals surface area (Å²) in [5.74, 6) is -0.497. The van der Waals surface area contributed by atoms with Gasteiger partial charge in [-0.3, -0.25) is 0 Å². The molecule has 1 rings (SSSR count). The summed E-state index contributed by atoms with van der Waals surface area (Å²) in [5.41, 5.74) is 5.90. The minimum absolute atomic E-state index is 0.210. The second kappa shape index (κ2) is 4.90. The molecule has 3 N–H and O–H groups in total. The lowest BCUT2D eigenvalue weighted by molar-refractivity contribution is -0.274. The quantitative estimate of drug-likeness (QED) is 0.871. The molecule has 16 heavy (non-hydrogen) atoms. The molecule has 0 radical (unpaired) electrons. The number of ether oxygens (including phenoxy) is 1. The summed E-state index contributed by atoms with van der Waals surface area (Å²) < 4.78 is 39.4. The van der Waals surface area contributed by atoms with E-state index in [0.29, 0.717) is 5.56 Å². The molecule has 0 aromatic heterocycles. The Bertz CT molecular complexity index is 370. The molecule has 0 heterocycles. The highest BCUT2D eigenvalue weighted by atomic mass is 35.5. The standard InChI is InChI=1S/C9H9ClF3NO2/c10-6-3-5(7(14)4-15)1-2-8(6)16-9(11,12)13/h1-3,7,15H,4,14H2. The van der Waals surface area contributed by atoms with Gasteiger partial charge in [0.1, 0.15) is 5.75 Å². The van der Waals surface area contributed by atoms with Crippen molar-refractivity contribution in [2.45, 2.75) is 12.4 Å². The van der Waals surface area contributed by atoms with E-state index in [-0.39, 0.29) is 11.6 Å². The Morgan fingerprint density at radius 3 is 2.50 bits per heavy atom. The Kier molecular flexibility index (Phi) is 4.01. The first-order valence-electron chi connectivity index (χ1n) is 4.25. The molecule has 0 aliphatic carbocycles. The van der Waals surface area contributed by atoms with Crippen LogP contribution in [-0.4, -0.2) is 18.1 Å². The SMILES string of the molecule is NC(CO)c1ccc(OC(F)(F)F)c(Cl)c1. The summed E-state index contributed by atoms with van der Waals surface area (Å²) in [6.07, 6.45) is -4.79. The molecule has 3 nitrogen and oxygen atoms in total. The van der Waals surface area contributed by atoms with E-state index in [1.165, 1.54) is 12.1 Å². The third kappa shape index (κ3) is 3.55. The van der Waals surface area contributed by atoms with E-state index in [1.54, 1.807) is 0 Å². The van der Waals surface area contributed by atoms with E-state index in [9.17, 15) is 13.2 Å². The number of hydrogen-bond acceptors (Lipinski definition) is 3. The van der Waals surface area contributed by atoms with Crippen LogP contribution in [0.15, 0.2) is 18.2 Å². The first-order chi connectivity index (χ1) is 7.33. The second-order valence-corrected chi connectivity index (χ2v) is 3.43. The van der Waals surface area contributed by atoms with Crippen LogP contribution < -0.4 is 10.5 Å². The number of hydrogen-bond donors (Lipinski definition) is 2. The molecule has 0 bridgehead atoms. The van der Waals surface area contributed by atoms with Gasteiger partial charge in [0.05, 0.1) is 17.7 Å². The lowest BCUT2D eigenvalue weighted by Crippen LogP contribution is -2.18. The van der Waals surface area contributed by atoms with Gasteiger partial charge >= 0.3 is 6.36 Å². The number of halogens is 4. The first-order valence-corrected chi connectivity index (χ1v) is 4.63. The van der Waals surface area contributed by atoms with Crippen molar-refractivity contribution < 1.29 is 23.0 Å². The van der Waals surface area contributed by atoms with Gasteiger partial charge in [0.2, 0.25) is 0 Å². The van der Waals surface area contributed by atoms with Crippen LogP contribution in [0.3, 0.4) is 0 Å². The Hall–Kier alpha value is -0.980. The Balaban J connectivity index is 2.92. The molecule has 1 unspecified atom stereocenters. The molecule has 0 saturated heterocycles. The summed E-state index contributed by atoms with van der Waals surface area (Å²) in [6.45, 7) is -0.324. The Morgan fingerprint density at radius 1 is 1.44 bits per heavy atom. The molecule has 0 aliphatic heterocycles. The van der Waals surface area contributed by atoms with E-state index in [4.69, 9.17) is 22.4 Å². The summed E-state index contributed by atoms with van der Waals surface area (Å²) in [6, 6.07) is 2.91. The zero-order chi connectivity index (χ0) is 12.3. The lowest BCUT2D eigenvalue weighted by Gasteiger charge is -2.13. The van der Waals surface area contributed by atoms with E-state index < -0.39 is 18.2 Å². The predicted molar refractivity (Wildman–Crippen MR) is 52.1 cm³/mol. The minimum Gasteiger partial charge on any atom is -0.404 e. The third-order valence-electron chi connectivity index (χ3n) is 1.81. The average molecular weight is 256 g/mol. The number of benzene rings is 1. The molecular weight excluding hydrogens is 247 g/mol. The maximum atomic E-state index is 11.9. The maximum Gasteiger partial charge on any atom is 0.573 e. The Labute approximate surface area is 94.6 Å². The number of aliphatic hydroxyl groups excluding tert-OH is 1. The topological polar surface area (TPSA) is 55.5 Å². The van der Waals surface area contributed by atoms with E-state index in [1.807, 2.05) is 0 Å². The van der Waals surface area contributed by atoms with Gasteiger partial charge in [-0.2, -0.15) is 0 Å². The van der Waals surface area contributed by atoms with Crippen LogP contribution in [-0.2, 0) is 0 Å². The number of aliphatic hydroxyl groups is 1. The van der Waals surface area contributed by atoms with E-state index in [2.05, 4.69) is 4.74 Å². The smallest absolute Gasteiger partial charge is 0.404 e. The predicted octanol–water partition coefficient (Wildman–Crippen LogP) is 2.23. The van der Waals surface area contributed by atoms with Gasteiger partial charge < -0.3 is 15.6 Å². The molecule has 0 amide bonds. The van der Waals surface area contributed by atoms with Crippen LogP contribution in [0.4, 0.5) is 13.2 Å². The fourth-order valence-corrected chi connectivity index (χ4v) is 1.29. The van der Waals surface area contributed by atoms with Crippen molar-refractivity contribution in [3.8, 4) is 5.75 Å². The summed E-state index contributed by atoms with van der Waals surface area (Å²) >= 11 is 5.57. The van der Waals surface area contributed by atoms with Gasteiger partial charge in [0.25, 0.3) is 0 Å². The van der Waals surface area contributed by atoms with Crippen molar-refractivity contribution in [3.05, 3.63) is 28.8 Å². The van der Waals surface area contributed by atoms with Crippen molar-refractivity contribution in [1.29, 1.82) is 0 Å². The summed E-state index contributed by atoms with van der Waals surface area (Å²) in [4.78, 5) is 0. The van der Waals surface area contributed by atoms with Gasteiger partial charge in [-0.25, -0.2) is 0 Å². The van der Waals surface area contributed by atoms with Crippen molar-refractivity contribution in [3.63, 3.8) is 0 Å². The normalized spacial score (nSPS) is 13.6. The summed E-state index contributed by atoms with van der Waals surface area (Å²) in [7, 11) is 0. The molecular formula is C9H9ClF3NO2. The first kappa shape index (κ1) is 13.1.